The molecule has 1 N–H and O–H groups in total. The van der Waals surface area contributed by atoms with Gasteiger partial charge in [0, 0.05) is 30.8 Å². The van der Waals surface area contributed by atoms with E-state index in [2.05, 4.69) is 5.32 Å². The molecule has 0 saturated carbocycles. The number of benzene rings is 2. The van der Waals surface area contributed by atoms with Crippen molar-refractivity contribution in [1.82, 2.24) is 0 Å². The van der Waals surface area contributed by atoms with Crippen LogP contribution >= 0.6 is 0 Å². The first-order valence-electron chi connectivity index (χ1n) is 9.32. The van der Waals surface area contributed by atoms with E-state index in [0.29, 0.717) is 54.1 Å². The van der Waals surface area contributed by atoms with Crippen LogP contribution in [0.15, 0.2) is 36.4 Å². The Morgan fingerprint density at radius 1 is 1.07 bits per heavy atom. The molecule has 152 valence electrons. The molecule has 0 bridgehead atoms. The molecule has 2 aliphatic heterocycles. The van der Waals surface area contributed by atoms with Crippen molar-refractivity contribution in [3.05, 3.63) is 36.4 Å². The lowest BCUT2D eigenvalue weighted by Gasteiger charge is -2.22. The molecule has 1 fully saturated rings. The van der Waals surface area contributed by atoms with Crippen molar-refractivity contribution in [2.45, 2.75) is 6.42 Å². The minimum atomic E-state index is -0.470. The second kappa shape index (κ2) is 7.90. The Bertz CT molecular complexity index is 945. The number of amides is 2. The summed E-state index contributed by atoms with van der Waals surface area (Å²) < 4.78 is 21.6. The molecule has 1 atom stereocenters. The van der Waals surface area contributed by atoms with E-state index >= 15 is 0 Å². The molecule has 8 heteroatoms. The van der Waals surface area contributed by atoms with Crippen molar-refractivity contribution in [1.29, 1.82) is 0 Å². The maximum absolute atomic E-state index is 12.8. The highest BCUT2D eigenvalue weighted by Crippen LogP contribution is 2.36. The summed E-state index contributed by atoms with van der Waals surface area (Å²) in [4.78, 5) is 26.9. The van der Waals surface area contributed by atoms with E-state index in [-0.39, 0.29) is 18.2 Å². The number of methoxy groups -OCH3 is 2. The first-order chi connectivity index (χ1) is 14.1. The van der Waals surface area contributed by atoms with Gasteiger partial charge in [0.25, 0.3) is 0 Å². The van der Waals surface area contributed by atoms with E-state index < -0.39 is 5.92 Å². The Balaban J connectivity index is 1.47. The topological polar surface area (TPSA) is 86.3 Å². The average Bonchev–Trinajstić information content (AvgIpc) is 3.15. The molecule has 2 heterocycles. The van der Waals surface area contributed by atoms with Gasteiger partial charge in [0.15, 0.2) is 11.5 Å². The zero-order valence-corrected chi connectivity index (χ0v) is 16.3. The monoisotopic (exact) mass is 398 g/mol. The average molecular weight is 398 g/mol. The lowest BCUT2D eigenvalue weighted by atomic mass is 10.1. The number of fused-ring (bicyclic) bond motifs is 1. The number of rotatable bonds is 5. The molecule has 29 heavy (non-hydrogen) atoms. The molecule has 2 aromatic rings. The number of carbonyl (C=O) groups is 2. The zero-order chi connectivity index (χ0) is 20.4. The molecule has 2 aliphatic rings. The van der Waals surface area contributed by atoms with E-state index in [0.717, 1.165) is 0 Å². The summed E-state index contributed by atoms with van der Waals surface area (Å²) in [7, 11) is 3.08. The molecular formula is C21H22N2O6. The molecule has 4 rings (SSSR count). The van der Waals surface area contributed by atoms with E-state index in [1.807, 2.05) is 0 Å². The zero-order valence-electron chi connectivity index (χ0n) is 16.3. The van der Waals surface area contributed by atoms with Gasteiger partial charge in [-0.15, -0.1) is 0 Å². The van der Waals surface area contributed by atoms with Crippen LogP contribution in [0.4, 0.5) is 11.4 Å². The lowest BCUT2D eigenvalue weighted by molar-refractivity contribution is -0.122. The van der Waals surface area contributed by atoms with E-state index in [4.69, 9.17) is 18.9 Å². The summed E-state index contributed by atoms with van der Waals surface area (Å²) in [6, 6.07) is 10.5. The Labute approximate surface area is 168 Å². The molecule has 8 nitrogen and oxygen atoms in total. The van der Waals surface area contributed by atoms with Crippen molar-refractivity contribution >= 4 is 23.2 Å². The molecule has 0 radical (unpaired) electrons. The highest BCUT2D eigenvalue weighted by molar-refractivity contribution is 6.04. The minimum absolute atomic E-state index is 0.108. The summed E-state index contributed by atoms with van der Waals surface area (Å²) >= 11 is 0. The van der Waals surface area contributed by atoms with Gasteiger partial charge in [0.1, 0.15) is 24.7 Å². The predicted molar refractivity (Wildman–Crippen MR) is 106 cm³/mol. The van der Waals surface area contributed by atoms with Crippen LogP contribution in [-0.2, 0) is 9.59 Å². The fraction of sp³-hybridized carbons (Fsp3) is 0.333. The first-order valence-corrected chi connectivity index (χ1v) is 9.32. The van der Waals surface area contributed by atoms with Gasteiger partial charge in [-0.05, 0) is 24.3 Å². The van der Waals surface area contributed by atoms with Crippen molar-refractivity contribution in [2.75, 3.05) is 44.2 Å². The van der Waals surface area contributed by atoms with Crippen LogP contribution in [0.5, 0.6) is 23.0 Å². The van der Waals surface area contributed by atoms with E-state index in [1.165, 1.54) is 7.11 Å². The lowest BCUT2D eigenvalue weighted by Crippen LogP contribution is -2.28. The third kappa shape index (κ3) is 3.78. The van der Waals surface area contributed by atoms with Gasteiger partial charge in [0.2, 0.25) is 11.8 Å². The Morgan fingerprint density at radius 3 is 2.62 bits per heavy atom. The second-order valence-corrected chi connectivity index (χ2v) is 6.79. The van der Waals surface area contributed by atoms with Crippen LogP contribution in [0.2, 0.25) is 0 Å². The molecule has 1 saturated heterocycles. The first kappa shape index (κ1) is 18.9. The highest BCUT2D eigenvalue weighted by atomic mass is 16.6. The van der Waals surface area contributed by atoms with Crippen LogP contribution in [0, 0.1) is 5.92 Å². The van der Waals surface area contributed by atoms with Gasteiger partial charge in [-0.3, -0.25) is 9.59 Å². The van der Waals surface area contributed by atoms with Crippen LogP contribution in [0.25, 0.3) is 0 Å². The largest absolute Gasteiger partial charge is 0.497 e. The van der Waals surface area contributed by atoms with Gasteiger partial charge in [-0.2, -0.15) is 0 Å². The van der Waals surface area contributed by atoms with E-state index in [9.17, 15) is 9.59 Å². The van der Waals surface area contributed by atoms with Crippen LogP contribution in [-0.4, -0.2) is 45.8 Å². The smallest absolute Gasteiger partial charge is 0.229 e. The van der Waals surface area contributed by atoms with Gasteiger partial charge in [-0.1, -0.05) is 0 Å². The Hall–Kier alpha value is -3.42. The molecule has 2 aromatic carbocycles. The fourth-order valence-electron chi connectivity index (χ4n) is 3.47. The van der Waals surface area contributed by atoms with Crippen molar-refractivity contribution in [2.24, 2.45) is 5.92 Å². The standard InChI is InChI=1S/C21H22N2O6/c1-26-15-4-5-16(18(11-15)27-2)22-21(25)13-9-20(24)23(12-13)14-3-6-17-19(10-14)29-8-7-28-17/h3-6,10-11,13H,7-9,12H2,1-2H3,(H,22,25). The fourth-order valence-corrected chi connectivity index (χ4v) is 3.47. The second-order valence-electron chi connectivity index (χ2n) is 6.79. The number of anilines is 2. The normalized spacial score (nSPS) is 17.8. The maximum atomic E-state index is 12.8. The van der Waals surface area contributed by atoms with Gasteiger partial charge >= 0.3 is 0 Å². The SMILES string of the molecule is COc1ccc(NC(=O)C2CC(=O)N(c3ccc4c(c3)OCCO4)C2)c(OC)c1. The molecule has 1 unspecified atom stereocenters. The van der Waals surface area contributed by atoms with Gasteiger partial charge in [-0.25, -0.2) is 0 Å². The minimum Gasteiger partial charge on any atom is -0.497 e. The third-order valence-electron chi connectivity index (χ3n) is 5.00. The quantitative estimate of drug-likeness (QED) is 0.833. The van der Waals surface area contributed by atoms with Crippen molar-refractivity contribution < 1.29 is 28.5 Å². The maximum Gasteiger partial charge on any atom is 0.229 e. The number of hydrogen-bond acceptors (Lipinski definition) is 6. The summed E-state index contributed by atoms with van der Waals surface area (Å²) in [6.07, 6.45) is 0.138. The number of hydrogen-bond donors (Lipinski definition) is 1. The Morgan fingerprint density at radius 2 is 1.86 bits per heavy atom. The van der Waals surface area contributed by atoms with Crippen LogP contribution < -0.4 is 29.2 Å². The third-order valence-corrected chi connectivity index (χ3v) is 5.00. The number of carbonyl (C=O) groups excluding carboxylic acids is 2. The summed E-state index contributed by atoms with van der Waals surface area (Å²) in [5.41, 5.74) is 1.22. The highest BCUT2D eigenvalue weighted by Gasteiger charge is 2.36. The predicted octanol–water partition coefficient (Wildman–Crippen LogP) is 2.47. The van der Waals surface area contributed by atoms with Gasteiger partial charge in [0.05, 0.1) is 25.8 Å². The number of nitrogens with zero attached hydrogens (tertiary/aromatic N) is 1. The van der Waals surface area contributed by atoms with Crippen molar-refractivity contribution in [3.8, 4) is 23.0 Å². The number of ether oxygens (including phenoxy) is 4. The van der Waals surface area contributed by atoms with Crippen LogP contribution in [0.1, 0.15) is 6.42 Å². The summed E-state index contributed by atoms with van der Waals surface area (Å²) in [6.45, 7) is 1.27. The number of nitrogens with one attached hydrogen (secondary N) is 1. The Kier molecular flexibility index (Phi) is 5.16. The van der Waals surface area contributed by atoms with Gasteiger partial charge < -0.3 is 29.2 Å². The summed E-state index contributed by atoms with van der Waals surface area (Å²) in [5, 5.41) is 2.85. The van der Waals surface area contributed by atoms with E-state index in [1.54, 1.807) is 48.4 Å². The van der Waals surface area contributed by atoms with Crippen molar-refractivity contribution in [3.63, 3.8) is 0 Å². The molecular weight excluding hydrogens is 376 g/mol. The molecule has 0 aliphatic carbocycles. The summed E-state index contributed by atoms with van der Waals surface area (Å²) in [5.74, 6) is 1.57. The van der Waals surface area contributed by atoms with Crippen LogP contribution in [0.3, 0.4) is 0 Å². The molecule has 0 spiro atoms. The molecule has 2 amide bonds. The molecule has 0 aromatic heterocycles.